The number of rotatable bonds is 15. The van der Waals surface area contributed by atoms with Crippen molar-refractivity contribution in [3.05, 3.63) is 53.9 Å². The summed E-state index contributed by atoms with van der Waals surface area (Å²) in [6.07, 6.45) is 11.2. The number of methoxy groups -OCH3 is 1. The Morgan fingerprint density at radius 1 is 0.937 bits per heavy atom. The van der Waals surface area contributed by atoms with Gasteiger partial charge < -0.3 is 39.4 Å². The van der Waals surface area contributed by atoms with Crippen LogP contribution in [0.1, 0.15) is 108 Å². The van der Waals surface area contributed by atoms with Crippen molar-refractivity contribution in [2.75, 3.05) is 56.2 Å². The Bertz CT molecular complexity index is 2350. The Labute approximate surface area is 370 Å². The van der Waals surface area contributed by atoms with Crippen molar-refractivity contribution >= 4 is 40.0 Å². The minimum atomic E-state index is -0.850. The highest BCUT2D eigenvalue weighted by Gasteiger charge is 2.42. The van der Waals surface area contributed by atoms with Crippen LogP contribution in [0.15, 0.2) is 42.7 Å². The van der Waals surface area contributed by atoms with E-state index in [2.05, 4.69) is 67.8 Å². The van der Waals surface area contributed by atoms with Crippen molar-refractivity contribution in [1.82, 2.24) is 30.0 Å². The number of nitrogens with two attached hydrogens (primary N) is 1. The lowest BCUT2D eigenvalue weighted by Crippen LogP contribution is -2.60. The third-order valence-electron chi connectivity index (χ3n) is 14.3. The number of nitrogens with one attached hydrogen (secondary N) is 1. The molecule has 5 aliphatic rings. The van der Waals surface area contributed by atoms with Crippen LogP contribution in [0.3, 0.4) is 0 Å². The van der Waals surface area contributed by atoms with Crippen LogP contribution in [0.2, 0.25) is 0 Å². The summed E-state index contributed by atoms with van der Waals surface area (Å²) in [4.78, 5) is 55.7. The molecule has 15 heteroatoms. The van der Waals surface area contributed by atoms with Crippen molar-refractivity contribution in [2.24, 2.45) is 11.7 Å². The van der Waals surface area contributed by atoms with E-state index in [9.17, 15) is 14.4 Å². The lowest BCUT2D eigenvalue weighted by atomic mass is 9.85. The summed E-state index contributed by atoms with van der Waals surface area (Å²) in [6.45, 7) is 13.9. The summed E-state index contributed by atoms with van der Waals surface area (Å²) < 4.78 is 19.0. The lowest BCUT2D eigenvalue weighted by molar-refractivity contribution is -0.123. The Balaban J connectivity index is 0.747. The maximum absolute atomic E-state index is 13.5. The Hall–Kier alpha value is -5.28. The number of ketones is 1. The van der Waals surface area contributed by atoms with E-state index >= 15 is 0 Å². The second-order valence-electron chi connectivity index (χ2n) is 19.5. The molecule has 2 aliphatic carbocycles. The number of anilines is 2. The van der Waals surface area contributed by atoms with Crippen LogP contribution in [0, 0.1) is 5.92 Å². The molecule has 0 radical (unpaired) electrons. The normalized spacial score (nSPS) is 22.9. The SMILES string of the molecule is COc1c(N2CCN(CC3CCC(OC4CCN(c5cc(-c6n[nH]c7ccc(OC8(C)CC8)cc67)ncn5)CC4)CC3)C(C)(C)C2)ccc2c1CN(C(CCC(C)=O)C(N)=O)C2=O. The van der Waals surface area contributed by atoms with Gasteiger partial charge in [0.05, 0.1) is 42.8 Å². The van der Waals surface area contributed by atoms with Gasteiger partial charge in [-0.05, 0) is 122 Å². The van der Waals surface area contributed by atoms with Crippen LogP contribution < -0.4 is 25.0 Å². The molecule has 3 aliphatic heterocycles. The number of aromatic amines is 1. The minimum absolute atomic E-state index is 0.0451. The van der Waals surface area contributed by atoms with E-state index in [4.69, 9.17) is 19.9 Å². The van der Waals surface area contributed by atoms with Crippen molar-refractivity contribution in [2.45, 2.75) is 128 Å². The van der Waals surface area contributed by atoms with Gasteiger partial charge in [0.2, 0.25) is 5.91 Å². The lowest BCUT2D eigenvalue weighted by Gasteiger charge is -2.49. The number of aromatic nitrogens is 4. The van der Waals surface area contributed by atoms with Gasteiger partial charge in [0.1, 0.15) is 46.8 Å². The number of benzene rings is 2. The molecular weight excluding hydrogens is 799 g/mol. The number of hydrogen-bond donors (Lipinski definition) is 2. The van der Waals surface area contributed by atoms with Crippen LogP contribution in [-0.2, 0) is 20.9 Å². The van der Waals surface area contributed by atoms with Crippen LogP contribution in [0.5, 0.6) is 11.5 Å². The van der Waals surface area contributed by atoms with Crippen molar-refractivity contribution in [1.29, 1.82) is 0 Å². The first kappa shape index (κ1) is 43.0. The summed E-state index contributed by atoms with van der Waals surface area (Å²) in [6, 6.07) is 11.1. The molecule has 0 spiro atoms. The van der Waals surface area contributed by atoms with Gasteiger partial charge in [-0.15, -0.1) is 0 Å². The number of fused-ring (bicyclic) bond motifs is 2. The van der Waals surface area contributed by atoms with Crippen LogP contribution in [0.4, 0.5) is 11.5 Å². The molecule has 63 heavy (non-hydrogen) atoms. The third kappa shape index (κ3) is 9.09. The fourth-order valence-corrected chi connectivity index (χ4v) is 10.3. The molecule has 15 nitrogen and oxygen atoms in total. The molecule has 1 atom stereocenters. The summed E-state index contributed by atoms with van der Waals surface area (Å²) in [5, 5.41) is 8.79. The first-order chi connectivity index (χ1) is 30.3. The molecule has 2 aromatic carbocycles. The predicted molar refractivity (Wildman–Crippen MR) is 241 cm³/mol. The van der Waals surface area contributed by atoms with E-state index in [1.807, 2.05) is 24.3 Å². The molecule has 2 saturated carbocycles. The number of piperidine rings is 1. The molecule has 4 fully saturated rings. The molecule has 2 saturated heterocycles. The number of primary amides is 1. The number of amides is 2. The van der Waals surface area contributed by atoms with Gasteiger partial charge in [-0.1, -0.05) is 0 Å². The van der Waals surface area contributed by atoms with Crippen LogP contribution in [0.25, 0.3) is 22.3 Å². The molecule has 4 aromatic rings. The van der Waals surface area contributed by atoms with Crippen molar-refractivity contribution < 1.29 is 28.6 Å². The van der Waals surface area contributed by atoms with Gasteiger partial charge in [-0.2, -0.15) is 5.10 Å². The van der Waals surface area contributed by atoms with Gasteiger partial charge in [-0.3, -0.25) is 19.6 Å². The van der Waals surface area contributed by atoms with Gasteiger partial charge in [0.15, 0.2) is 0 Å². The number of H-pyrrole nitrogens is 1. The summed E-state index contributed by atoms with van der Waals surface area (Å²) in [5.41, 5.74) is 10.4. The van der Waals surface area contributed by atoms with E-state index in [1.54, 1.807) is 13.4 Å². The van der Waals surface area contributed by atoms with Crippen LogP contribution >= 0.6 is 0 Å². The Kier molecular flexibility index (Phi) is 11.8. The third-order valence-corrected chi connectivity index (χ3v) is 14.3. The van der Waals surface area contributed by atoms with E-state index in [-0.39, 0.29) is 48.3 Å². The zero-order valence-electron chi connectivity index (χ0n) is 37.5. The summed E-state index contributed by atoms with van der Waals surface area (Å²) in [5.74, 6) is 2.17. The highest BCUT2D eigenvalue weighted by Crippen LogP contribution is 2.43. The molecule has 336 valence electrons. The quantitative estimate of drug-likeness (QED) is 0.137. The number of carbonyl (C=O) groups is 3. The van der Waals surface area contributed by atoms with Gasteiger partial charge in [0, 0.05) is 73.8 Å². The van der Waals surface area contributed by atoms with Gasteiger partial charge in [0.25, 0.3) is 5.91 Å². The smallest absolute Gasteiger partial charge is 0.255 e. The minimum Gasteiger partial charge on any atom is -0.494 e. The maximum atomic E-state index is 13.5. The number of hydrogen-bond acceptors (Lipinski definition) is 12. The average Bonchev–Trinajstić information content (AvgIpc) is 3.68. The molecule has 2 aromatic heterocycles. The molecule has 1 unspecified atom stereocenters. The largest absolute Gasteiger partial charge is 0.494 e. The fraction of sp³-hybridized carbons (Fsp3) is 0.583. The Morgan fingerprint density at radius 3 is 2.40 bits per heavy atom. The fourth-order valence-electron chi connectivity index (χ4n) is 10.3. The molecule has 2 amide bonds. The molecular formula is C48H63N9O6. The highest BCUT2D eigenvalue weighted by atomic mass is 16.5. The van der Waals surface area contributed by atoms with E-state index < -0.39 is 11.9 Å². The first-order valence-corrected chi connectivity index (χ1v) is 23.0. The number of nitrogens with zero attached hydrogens (tertiary/aromatic N) is 7. The van der Waals surface area contributed by atoms with E-state index in [1.165, 1.54) is 24.7 Å². The van der Waals surface area contributed by atoms with Gasteiger partial charge in [-0.25, -0.2) is 9.97 Å². The topological polar surface area (TPSA) is 172 Å². The molecule has 5 heterocycles. The highest BCUT2D eigenvalue weighted by molar-refractivity contribution is 6.02. The predicted octanol–water partition coefficient (Wildman–Crippen LogP) is 6.28. The zero-order chi connectivity index (χ0) is 44.0. The van der Waals surface area contributed by atoms with E-state index in [0.29, 0.717) is 23.3 Å². The molecule has 3 N–H and O–H groups in total. The summed E-state index contributed by atoms with van der Waals surface area (Å²) in [7, 11) is 1.64. The van der Waals surface area contributed by atoms with E-state index in [0.717, 1.165) is 123 Å². The average molecular weight is 862 g/mol. The molecule has 0 bridgehead atoms. The number of piperazine rings is 1. The summed E-state index contributed by atoms with van der Waals surface area (Å²) >= 11 is 0. The van der Waals surface area contributed by atoms with Crippen molar-refractivity contribution in [3.8, 4) is 22.9 Å². The maximum Gasteiger partial charge on any atom is 0.255 e. The molecule has 9 rings (SSSR count). The standard InChI is InChI=1S/C48H63N9O6/c1-30(58)6-14-41(45(49)59)57-27-37-35(46(57)60)12-15-40(44(37)61-5)55-22-23-56(47(2,3)28-55)26-31-7-9-32(10-8-31)62-33-16-20-54(21-17-33)42-25-39(50-29-51-42)43-36-24-34(63-48(4)18-19-48)11-13-38(36)52-53-43/h11-13,15,24-25,29,31-33,41H,6-10,14,16-23,26-28H2,1-5H3,(H2,49,59)(H,52,53). The number of Topliss-reactive ketones (excluding diaryl/α,β-unsaturated/α-hetero) is 1. The number of ether oxygens (including phenoxy) is 3. The second-order valence-corrected chi connectivity index (χ2v) is 19.5. The monoisotopic (exact) mass is 861 g/mol. The first-order valence-electron chi connectivity index (χ1n) is 23.0. The van der Waals surface area contributed by atoms with Crippen molar-refractivity contribution in [3.63, 3.8) is 0 Å². The second kappa shape index (κ2) is 17.4. The van der Waals surface area contributed by atoms with Crippen LogP contribution in [-0.4, -0.2) is 123 Å². The van der Waals surface area contributed by atoms with Gasteiger partial charge >= 0.3 is 0 Å². The zero-order valence-corrected chi connectivity index (χ0v) is 37.5. The number of carbonyl (C=O) groups excluding carboxylic acids is 3. The Morgan fingerprint density at radius 2 is 1.70 bits per heavy atom.